The molecule has 0 atom stereocenters. The summed E-state index contributed by atoms with van der Waals surface area (Å²) in [6, 6.07) is 9.10. The summed E-state index contributed by atoms with van der Waals surface area (Å²) in [5, 5.41) is 6.99. The van der Waals surface area contributed by atoms with Gasteiger partial charge in [-0.05, 0) is 73.9 Å². The molecule has 0 aliphatic rings. The fourth-order valence-electron chi connectivity index (χ4n) is 5.57. The van der Waals surface area contributed by atoms with Crippen LogP contribution >= 0.6 is 11.3 Å². The van der Waals surface area contributed by atoms with Crippen molar-refractivity contribution in [1.82, 2.24) is 14.7 Å². The van der Waals surface area contributed by atoms with E-state index in [4.69, 9.17) is 0 Å². The van der Waals surface area contributed by atoms with Gasteiger partial charge >= 0.3 is 5.76 Å². The van der Waals surface area contributed by atoms with Gasteiger partial charge in [-0.15, -0.1) is 5.10 Å². The van der Waals surface area contributed by atoms with Gasteiger partial charge in [-0.3, -0.25) is 4.79 Å². The summed E-state index contributed by atoms with van der Waals surface area (Å²) in [6.07, 6.45) is 1.67. The van der Waals surface area contributed by atoms with Crippen LogP contribution in [-0.2, 0) is 26.9 Å². The number of rotatable bonds is 10. The second-order valence-corrected chi connectivity index (χ2v) is 17.6. The van der Waals surface area contributed by atoms with Crippen molar-refractivity contribution < 1.29 is 30.4 Å². The predicted octanol–water partition coefficient (Wildman–Crippen LogP) is 5.39. The van der Waals surface area contributed by atoms with E-state index in [2.05, 4.69) is 49.9 Å². The van der Waals surface area contributed by atoms with Gasteiger partial charge in [0.1, 0.15) is 0 Å². The molecular formula is C28H38F2N4O5S3. The van der Waals surface area contributed by atoms with E-state index < -0.39 is 42.0 Å². The lowest BCUT2D eigenvalue weighted by Gasteiger charge is -2.39. The third-order valence-electron chi connectivity index (χ3n) is 6.39. The number of aryl methyl sites for hydroxylation is 1. The molecule has 1 heterocycles. The standard InChI is InChI=1S/C28H38F2N4O5S3/c1-26(2,3)16-27(4,5)17-28(6,7)31-23(35)18-10-9-11-20(14-18)42(38,39)33-32-25-34(8)21-15-19(12-13-22(21)40-25)41(36,37)24(29)30/h9-15,24,33H,16-17H2,1-8H3,(H,31,35)/b32-25+. The minimum Gasteiger partial charge on any atom is -0.347 e. The van der Waals surface area contributed by atoms with Gasteiger partial charge in [-0.1, -0.05) is 52.0 Å². The van der Waals surface area contributed by atoms with Crippen LogP contribution in [0.2, 0.25) is 0 Å². The minimum absolute atomic E-state index is 0.0485. The highest BCUT2D eigenvalue weighted by atomic mass is 32.2. The normalized spacial score (nSPS) is 14.0. The average molecular weight is 645 g/mol. The molecule has 0 aliphatic carbocycles. The molecule has 0 saturated carbocycles. The van der Waals surface area contributed by atoms with Gasteiger partial charge in [-0.2, -0.15) is 22.0 Å². The highest BCUT2D eigenvalue weighted by molar-refractivity contribution is 7.91. The Labute approximate surface area is 250 Å². The fraction of sp³-hybridized carbons (Fsp3) is 0.500. The summed E-state index contributed by atoms with van der Waals surface area (Å²) in [5.41, 5.74) is -0.0348. The van der Waals surface area contributed by atoms with Crippen molar-refractivity contribution in [3.05, 3.63) is 52.8 Å². The summed E-state index contributed by atoms with van der Waals surface area (Å²) in [6.45, 7) is 14.7. The zero-order valence-corrected chi connectivity index (χ0v) is 27.4. The summed E-state index contributed by atoms with van der Waals surface area (Å²) in [4.78, 5) is 14.7. The van der Waals surface area contributed by atoms with Crippen LogP contribution in [0.3, 0.4) is 0 Å². The van der Waals surface area contributed by atoms with Crippen molar-refractivity contribution >= 4 is 47.3 Å². The van der Waals surface area contributed by atoms with E-state index in [1.165, 1.54) is 41.9 Å². The lowest BCUT2D eigenvalue weighted by molar-refractivity contribution is 0.0866. The molecule has 14 heteroatoms. The molecule has 232 valence electrons. The Morgan fingerprint density at radius 3 is 2.19 bits per heavy atom. The molecule has 0 fully saturated rings. The molecular weight excluding hydrogens is 607 g/mol. The zero-order valence-electron chi connectivity index (χ0n) is 24.9. The van der Waals surface area contributed by atoms with E-state index in [9.17, 15) is 30.4 Å². The van der Waals surface area contributed by atoms with Crippen molar-refractivity contribution in [1.29, 1.82) is 0 Å². The van der Waals surface area contributed by atoms with Crippen LogP contribution in [-0.4, -0.2) is 38.6 Å². The van der Waals surface area contributed by atoms with E-state index in [1.807, 2.05) is 13.8 Å². The fourth-order valence-corrected chi connectivity index (χ4v) is 8.18. The number of hydrogen-bond acceptors (Lipinski definition) is 7. The molecule has 3 aromatic rings. The highest BCUT2D eigenvalue weighted by Crippen LogP contribution is 2.39. The molecule has 9 nitrogen and oxygen atoms in total. The number of sulfone groups is 1. The topological polar surface area (TPSA) is 127 Å². The Balaban J connectivity index is 1.83. The Morgan fingerprint density at radius 2 is 1.60 bits per heavy atom. The van der Waals surface area contributed by atoms with Crippen LogP contribution in [0.15, 0.2) is 57.4 Å². The van der Waals surface area contributed by atoms with E-state index in [1.54, 1.807) is 0 Å². The molecule has 1 amide bonds. The highest BCUT2D eigenvalue weighted by Gasteiger charge is 2.33. The second kappa shape index (κ2) is 11.7. The summed E-state index contributed by atoms with van der Waals surface area (Å²) >= 11 is 1.03. The third-order valence-corrected chi connectivity index (χ3v) is 10.1. The smallest absolute Gasteiger partial charge is 0.341 e. The lowest BCUT2D eigenvalue weighted by atomic mass is 9.70. The second-order valence-electron chi connectivity index (χ2n) is 13.0. The maximum atomic E-state index is 13.1. The average Bonchev–Trinajstić information content (AvgIpc) is 3.15. The first-order valence-corrected chi connectivity index (χ1v) is 17.0. The van der Waals surface area contributed by atoms with E-state index >= 15 is 0 Å². The number of fused-ring (bicyclic) bond motifs is 1. The lowest BCUT2D eigenvalue weighted by Crippen LogP contribution is -2.46. The Kier molecular flexibility index (Phi) is 9.36. The predicted molar refractivity (Wildman–Crippen MR) is 160 cm³/mol. The van der Waals surface area contributed by atoms with E-state index in [0.717, 1.165) is 29.9 Å². The molecule has 0 unspecified atom stereocenters. The quantitative estimate of drug-likeness (QED) is 0.286. The number of carbonyl (C=O) groups is 1. The van der Waals surface area contributed by atoms with Crippen molar-refractivity contribution in [3.8, 4) is 0 Å². The number of benzene rings is 2. The molecule has 42 heavy (non-hydrogen) atoms. The molecule has 0 spiro atoms. The monoisotopic (exact) mass is 644 g/mol. The molecule has 2 aromatic carbocycles. The molecule has 0 aliphatic heterocycles. The van der Waals surface area contributed by atoms with Crippen LogP contribution < -0.4 is 14.9 Å². The van der Waals surface area contributed by atoms with Gasteiger partial charge < -0.3 is 9.88 Å². The van der Waals surface area contributed by atoms with Crippen LogP contribution in [0.5, 0.6) is 0 Å². The van der Waals surface area contributed by atoms with Gasteiger partial charge in [0.2, 0.25) is 14.6 Å². The zero-order chi connectivity index (χ0) is 31.9. The summed E-state index contributed by atoms with van der Waals surface area (Å²) < 4.78 is 77.7. The van der Waals surface area contributed by atoms with Crippen molar-refractivity contribution in [2.75, 3.05) is 0 Å². The third kappa shape index (κ3) is 8.16. The number of hydrogen-bond donors (Lipinski definition) is 2. The Morgan fingerprint density at radius 1 is 0.952 bits per heavy atom. The molecule has 0 saturated heterocycles. The number of alkyl halides is 2. The number of carbonyl (C=O) groups excluding carboxylic acids is 1. The number of nitrogens with one attached hydrogen (secondary N) is 2. The number of amides is 1. The summed E-state index contributed by atoms with van der Waals surface area (Å²) in [7, 11) is -7.51. The van der Waals surface area contributed by atoms with Gasteiger partial charge in [0.25, 0.3) is 15.9 Å². The van der Waals surface area contributed by atoms with Gasteiger partial charge in [0, 0.05) is 18.2 Å². The Hall–Kier alpha value is -2.84. The van der Waals surface area contributed by atoms with Crippen molar-refractivity contribution in [3.63, 3.8) is 0 Å². The number of thiazole rings is 1. The van der Waals surface area contributed by atoms with Gasteiger partial charge in [-0.25, -0.2) is 8.42 Å². The number of nitrogens with zero attached hydrogens (tertiary/aromatic N) is 2. The van der Waals surface area contributed by atoms with Gasteiger partial charge in [0.05, 0.1) is 20.0 Å². The van der Waals surface area contributed by atoms with E-state index in [-0.39, 0.29) is 31.6 Å². The maximum Gasteiger partial charge on any atom is 0.341 e. The maximum absolute atomic E-state index is 13.1. The van der Waals surface area contributed by atoms with Crippen LogP contribution in [0.25, 0.3) is 10.2 Å². The van der Waals surface area contributed by atoms with Crippen LogP contribution in [0.1, 0.15) is 71.7 Å². The van der Waals surface area contributed by atoms with Crippen LogP contribution in [0.4, 0.5) is 8.78 Å². The summed E-state index contributed by atoms with van der Waals surface area (Å²) in [5.74, 6) is -3.98. The minimum atomic E-state index is -4.80. The first-order chi connectivity index (χ1) is 19.0. The number of aromatic nitrogens is 1. The molecule has 0 radical (unpaired) electrons. The molecule has 0 bridgehead atoms. The number of sulfonamides is 1. The van der Waals surface area contributed by atoms with Crippen molar-refractivity contribution in [2.45, 2.75) is 82.4 Å². The SMILES string of the molecule is Cn1/c(=N\NS(=O)(=O)c2cccc(C(=O)NC(C)(C)CC(C)(C)CC(C)(C)C)c2)sc2ccc(S(=O)(=O)C(F)F)cc21. The van der Waals surface area contributed by atoms with Crippen molar-refractivity contribution in [2.24, 2.45) is 23.0 Å². The molecule has 2 N–H and O–H groups in total. The molecule has 1 aromatic heterocycles. The van der Waals surface area contributed by atoms with Crippen LogP contribution in [0, 0.1) is 10.8 Å². The van der Waals surface area contributed by atoms with E-state index in [0.29, 0.717) is 11.1 Å². The van der Waals surface area contributed by atoms with Gasteiger partial charge in [0.15, 0.2) is 0 Å². The Bertz CT molecular complexity index is 1770. The molecule has 3 rings (SSSR count). The first-order valence-electron chi connectivity index (χ1n) is 13.1. The number of halogens is 2. The first kappa shape index (κ1) is 33.7. The largest absolute Gasteiger partial charge is 0.347 e.